The Labute approximate surface area is 262 Å². The maximum Gasteiger partial charge on any atom is 0.416 e. The molecule has 1 saturated heterocycles. The third-order valence-corrected chi connectivity index (χ3v) is 8.29. The summed E-state index contributed by atoms with van der Waals surface area (Å²) in [5.41, 5.74) is 1.80. The van der Waals surface area contributed by atoms with Crippen molar-refractivity contribution in [2.75, 3.05) is 45.1 Å². The molecule has 1 atom stereocenters. The number of piperazine rings is 1. The fraction of sp³-hybridized carbons (Fsp3) is 0.387. The van der Waals surface area contributed by atoms with Gasteiger partial charge in [0, 0.05) is 64.5 Å². The number of carbonyl (C=O) groups excluding carboxylic acids is 2. The molecular formula is C31H34F3N9O3. The van der Waals surface area contributed by atoms with Gasteiger partial charge < -0.3 is 30.6 Å². The molecule has 3 aromatic heterocycles. The van der Waals surface area contributed by atoms with Crippen molar-refractivity contribution >= 4 is 28.7 Å². The first kappa shape index (κ1) is 31.2. The summed E-state index contributed by atoms with van der Waals surface area (Å²) < 4.78 is 48.3. The number of benzene rings is 1. The van der Waals surface area contributed by atoms with E-state index in [4.69, 9.17) is 4.74 Å². The minimum Gasteiger partial charge on any atom is -0.437 e. The van der Waals surface area contributed by atoms with Gasteiger partial charge >= 0.3 is 12.2 Å². The van der Waals surface area contributed by atoms with E-state index in [-0.39, 0.29) is 42.0 Å². The molecule has 1 fully saturated rings. The number of hydrogen-bond acceptors (Lipinski definition) is 8. The van der Waals surface area contributed by atoms with Crippen molar-refractivity contribution < 1.29 is 27.5 Å². The second-order valence-electron chi connectivity index (χ2n) is 11.3. The lowest BCUT2D eigenvalue weighted by Crippen LogP contribution is -2.43. The molecule has 15 heteroatoms. The van der Waals surface area contributed by atoms with E-state index < -0.39 is 17.8 Å². The first-order chi connectivity index (χ1) is 22.1. The predicted molar refractivity (Wildman–Crippen MR) is 164 cm³/mol. The first-order valence-electron chi connectivity index (χ1n) is 15.0. The Balaban J connectivity index is 1.20. The van der Waals surface area contributed by atoms with Gasteiger partial charge in [0.05, 0.1) is 22.8 Å². The zero-order chi connectivity index (χ0) is 32.4. The fourth-order valence-electron chi connectivity index (χ4n) is 5.88. The van der Waals surface area contributed by atoms with Crippen LogP contribution >= 0.6 is 0 Å². The van der Waals surface area contributed by atoms with Gasteiger partial charge in [-0.1, -0.05) is 13.0 Å². The van der Waals surface area contributed by atoms with E-state index in [0.29, 0.717) is 48.5 Å². The molecule has 3 amide bonds. The number of ether oxygens (including phenoxy) is 1. The summed E-state index contributed by atoms with van der Waals surface area (Å²) in [5.74, 6) is 0.190. The molecule has 0 radical (unpaired) electrons. The molecular weight excluding hydrogens is 603 g/mol. The molecule has 0 spiro atoms. The van der Waals surface area contributed by atoms with Crippen molar-refractivity contribution in [3.8, 4) is 11.6 Å². The molecule has 0 bridgehead atoms. The summed E-state index contributed by atoms with van der Waals surface area (Å²) in [4.78, 5) is 45.0. The minimum absolute atomic E-state index is 0.0749. The zero-order valence-electron chi connectivity index (χ0n) is 25.4. The third kappa shape index (κ3) is 6.60. The normalized spacial score (nSPS) is 17.1. The van der Waals surface area contributed by atoms with Crippen LogP contribution < -0.4 is 20.7 Å². The lowest BCUT2D eigenvalue weighted by molar-refractivity contribution is -0.138. The molecule has 0 saturated carbocycles. The number of amides is 3. The average Bonchev–Trinajstić information content (AvgIpc) is 3.50. The minimum atomic E-state index is -4.57. The number of nitrogens with one attached hydrogen (secondary N) is 4. The van der Waals surface area contributed by atoms with E-state index in [2.05, 4.69) is 35.9 Å². The maximum atomic E-state index is 14.1. The molecule has 0 unspecified atom stereocenters. The summed E-state index contributed by atoms with van der Waals surface area (Å²) >= 11 is 0. The van der Waals surface area contributed by atoms with Crippen LogP contribution in [-0.2, 0) is 19.3 Å². The number of alkyl halides is 3. The number of nitrogens with zero attached hydrogens (tertiary/aromatic N) is 5. The first-order valence-corrected chi connectivity index (χ1v) is 15.0. The Morgan fingerprint density at radius 3 is 2.65 bits per heavy atom. The summed E-state index contributed by atoms with van der Waals surface area (Å²) in [5, 5.41) is 8.93. The van der Waals surface area contributed by atoms with Gasteiger partial charge in [-0.05, 0) is 41.8 Å². The number of anilines is 1. The molecule has 2 aliphatic heterocycles. The van der Waals surface area contributed by atoms with Gasteiger partial charge in [-0.15, -0.1) is 0 Å². The summed E-state index contributed by atoms with van der Waals surface area (Å²) in [6.07, 6.45) is -0.975. The monoisotopic (exact) mass is 637 g/mol. The van der Waals surface area contributed by atoms with Crippen LogP contribution in [0, 0.1) is 0 Å². The van der Waals surface area contributed by atoms with Gasteiger partial charge in [-0.2, -0.15) is 13.2 Å². The smallest absolute Gasteiger partial charge is 0.416 e. The summed E-state index contributed by atoms with van der Waals surface area (Å²) in [6, 6.07) is 6.84. The maximum absolute atomic E-state index is 14.1. The van der Waals surface area contributed by atoms with E-state index in [9.17, 15) is 22.8 Å². The number of fused-ring (bicyclic) bond motifs is 2. The van der Waals surface area contributed by atoms with E-state index >= 15 is 0 Å². The van der Waals surface area contributed by atoms with E-state index in [1.807, 2.05) is 11.8 Å². The lowest BCUT2D eigenvalue weighted by Gasteiger charge is -2.33. The zero-order valence-corrected chi connectivity index (χ0v) is 25.4. The highest BCUT2D eigenvalue weighted by Crippen LogP contribution is 2.36. The Hall–Kier alpha value is -4.76. The molecule has 5 heterocycles. The van der Waals surface area contributed by atoms with E-state index in [1.165, 1.54) is 25.5 Å². The number of rotatable bonds is 7. The van der Waals surface area contributed by atoms with Crippen LogP contribution in [0.4, 0.5) is 23.7 Å². The van der Waals surface area contributed by atoms with E-state index in [1.54, 1.807) is 23.2 Å². The van der Waals surface area contributed by atoms with Gasteiger partial charge in [0.1, 0.15) is 23.4 Å². The number of H-pyrrole nitrogens is 1. The highest BCUT2D eigenvalue weighted by Gasteiger charge is 2.35. The Morgan fingerprint density at radius 2 is 1.91 bits per heavy atom. The van der Waals surface area contributed by atoms with Crippen molar-refractivity contribution in [3.05, 3.63) is 70.9 Å². The number of aromatic amines is 1. The molecule has 0 aliphatic carbocycles. The SMILES string of the molecule is CC[C@H]1CN(C(=O)Nc2ccc(CN3CCNCC3)c(C(F)(F)F)c2)Cc2cc(Oc3ncnc4[nH]c(C(=O)NC)cc34)cnc21. The van der Waals surface area contributed by atoms with E-state index in [0.717, 1.165) is 30.4 Å². The fourth-order valence-corrected chi connectivity index (χ4v) is 5.88. The Bertz CT molecular complexity index is 1750. The molecule has 2 aliphatic rings. The van der Waals surface area contributed by atoms with Gasteiger partial charge in [-0.3, -0.25) is 14.7 Å². The summed E-state index contributed by atoms with van der Waals surface area (Å²) in [7, 11) is 1.52. The Kier molecular flexibility index (Phi) is 8.77. The van der Waals surface area contributed by atoms with Crippen molar-refractivity contribution in [2.45, 2.75) is 38.5 Å². The number of halogens is 3. The van der Waals surface area contributed by atoms with Crippen LogP contribution in [0.5, 0.6) is 11.6 Å². The van der Waals surface area contributed by atoms with Crippen molar-refractivity contribution in [1.82, 2.24) is 40.4 Å². The van der Waals surface area contributed by atoms with Crippen LogP contribution in [0.25, 0.3) is 11.0 Å². The highest BCUT2D eigenvalue weighted by atomic mass is 19.4. The third-order valence-electron chi connectivity index (χ3n) is 8.29. The second-order valence-corrected chi connectivity index (χ2v) is 11.3. The lowest BCUT2D eigenvalue weighted by atomic mass is 9.92. The van der Waals surface area contributed by atoms with Crippen molar-refractivity contribution in [3.63, 3.8) is 0 Å². The predicted octanol–water partition coefficient (Wildman–Crippen LogP) is 4.47. The van der Waals surface area contributed by atoms with Gasteiger partial charge in [0.2, 0.25) is 5.88 Å². The summed E-state index contributed by atoms with van der Waals surface area (Å²) in [6.45, 7) is 5.50. The number of hydrogen-bond donors (Lipinski definition) is 4. The molecule has 4 aromatic rings. The number of carbonyl (C=O) groups is 2. The van der Waals surface area contributed by atoms with Crippen LogP contribution in [0.15, 0.2) is 42.9 Å². The molecule has 12 nitrogen and oxygen atoms in total. The Morgan fingerprint density at radius 1 is 1.11 bits per heavy atom. The molecule has 6 rings (SSSR count). The van der Waals surface area contributed by atoms with Crippen LogP contribution in [-0.4, -0.2) is 81.4 Å². The topological polar surface area (TPSA) is 140 Å². The molecule has 242 valence electrons. The van der Waals surface area contributed by atoms with Gasteiger partial charge in [0.15, 0.2) is 0 Å². The molecule has 1 aromatic carbocycles. The number of pyridine rings is 1. The standard InChI is InChI=1S/C31H34F3N9O3/c1-3-18-15-43(30(45)40-21-5-4-19(24(11-21)31(32,33)34)14-42-8-6-36-7-9-42)16-20-10-22(13-37-26(18)20)46-29-23-12-25(28(44)35-2)41-27(23)38-17-39-29/h4-5,10-13,17-18,36H,3,6-9,14-16H2,1-2H3,(H,35,44)(H,40,45)(H,38,39,41)/t18-/m0/s1. The average molecular weight is 638 g/mol. The van der Waals surface area contributed by atoms with Gasteiger partial charge in [0.25, 0.3) is 5.91 Å². The highest BCUT2D eigenvalue weighted by molar-refractivity contribution is 5.98. The molecule has 46 heavy (non-hydrogen) atoms. The van der Waals surface area contributed by atoms with Crippen LogP contribution in [0.1, 0.15) is 52.1 Å². The van der Waals surface area contributed by atoms with Crippen molar-refractivity contribution in [2.24, 2.45) is 0 Å². The van der Waals surface area contributed by atoms with Crippen LogP contribution in [0.2, 0.25) is 0 Å². The molecule has 4 N–H and O–H groups in total. The van der Waals surface area contributed by atoms with Crippen LogP contribution in [0.3, 0.4) is 0 Å². The quantitative estimate of drug-likeness (QED) is 0.233. The van der Waals surface area contributed by atoms with Gasteiger partial charge in [-0.25, -0.2) is 14.8 Å². The number of aromatic nitrogens is 4. The van der Waals surface area contributed by atoms with Crippen molar-refractivity contribution in [1.29, 1.82) is 0 Å². The number of urea groups is 1. The second kappa shape index (κ2) is 12.9. The largest absolute Gasteiger partial charge is 0.437 e.